The summed E-state index contributed by atoms with van der Waals surface area (Å²) in [6.07, 6.45) is 5.72. The summed E-state index contributed by atoms with van der Waals surface area (Å²) in [5.41, 5.74) is 1.14. The number of nitrogens with one attached hydrogen (secondary N) is 1. The second-order valence-electron chi connectivity index (χ2n) is 4.39. The Kier molecular flexibility index (Phi) is 5.20. The highest BCUT2D eigenvalue weighted by atomic mass is 16.5. The Morgan fingerprint density at radius 2 is 2.14 bits per heavy atom. The molecule has 2 atom stereocenters. The van der Waals surface area contributed by atoms with E-state index in [0.717, 1.165) is 24.6 Å². The van der Waals surface area contributed by atoms with Crippen LogP contribution in [-0.2, 0) is 4.74 Å². The number of hydrogen-bond acceptors (Lipinski definition) is 2. The van der Waals surface area contributed by atoms with Crippen LogP contribution in [0.15, 0.2) is 12.2 Å². The lowest BCUT2D eigenvalue weighted by Crippen LogP contribution is -2.27. The Hall–Kier alpha value is -0.340. The summed E-state index contributed by atoms with van der Waals surface area (Å²) in [4.78, 5) is 0. The van der Waals surface area contributed by atoms with Crippen molar-refractivity contribution in [3.63, 3.8) is 0 Å². The predicted molar refractivity (Wildman–Crippen MR) is 60.4 cm³/mol. The van der Waals surface area contributed by atoms with Crippen molar-refractivity contribution in [1.29, 1.82) is 0 Å². The van der Waals surface area contributed by atoms with Crippen LogP contribution >= 0.6 is 0 Å². The maximum Gasteiger partial charge on any atom is 0.0690 e. The Labute approximate surface area is 87.7 Å². The molecule has 0 bridgehead atoms. The molecule has 82 valence electrons. The minimum Gasteiger partial charge on any atom is -0.374 e. The van der Waals surface area contributed by atoms with Gasteiger partial charge in [0.05, 0.1) is 12.7 Å². The quantitative estimate of drug-likeness (QED) is 0.683. The molecule has 0 aliphatic heterocycles. The van der Waals surface area contributed by atoms with Gasteiger partial charge in [-0.3, -0.25) is 0 Å². The van der Waals surface area contributed by atoms with Crippen LogP contribution in [0.2, 0.25) is 0 Å². The monoisotopic (exact) mass is 197 g/mol. The van der Waals surface area contributed by atoms with Gasteiger partial charge in [0.2, 0.25) is 0 Å². The maximum absolute atomic E-state index is 5.87. The summed E-state index contributed by atoms with van der Waals surface area (Å²) in [5, 5.41) is 3.09. The third-order valence-corrected chi connectivity index (χ3v) is 2.96. The van der Waals surface area contributed by atoms with Gasteiger partial charge in [-0.1, -0.05) is 26.3 Å². The zero-order valence-electron chi connectivity index (χ0n) is 9.51. The van der Waals surface area contributed by atoms with Gasteiger partial charge in [0.1, 0.15) is 0 Å². The normalized spacial score (nSPS) is 27.6. The van der Waals surface area contributed by atoms with Gasteiger partial charge in [-0.15, -0.1) is 0 Å². The van der Waals surface area contributed by atoms with E-state index in [2.05, 4.69) is 18.8 Å². The van der Waals surface area contributed by atoms with E-state index in [1.165, 1.54) is 25.7 Å². The lowest BCUT2D eigenvalue weighted by Gasteiger charge is -2.29. The smallest absolute Gasteiger partial charge is 0.0690 e. The Balaban J connectivity index is 2.19. The second kappa shape index (κ2) is 6.20. The van der Waals surface area contributed by atoms with Gasteiger partial charge >= 0.3 is 0 Å². The number of hydrogen-bond donors (Lipinski definition) is 1. The predicted octanol–water partition coefficient (Wildman–Crippen LogP) is 2.36. The molecule has 0 radical (unpaired) electrons. The highest BCUT2D eigenvalue weighted by Gasteiger charge is 2.21. The molecular formula is C12H23NO. The van der Waals surface area contributed by atoms with Crippen molar-refractivity contribution in [2.75, 3.05) is 20.2 Å². The van der Waals surface area contributed by atoms with Crippen molar-refractivity contribution in [3.05, 3.63) is 12.2 Å². The zero-order valence-corrected chi connectivity index (χ0v) is 9.51. The average molecular weight is 197 g/mol. The van der Waals surface area contributed by atoms with E-state index >= 15 is 0 Å². The maximum atomic E-state index is 5.87. The minimum absolute atomic E-state index is 0.470. The van der Waals surface area contributed by atoms with E-state index in [0.29, 0.717) is 6.10 Å². The Morgan fingerprint density at radius 1 is 1.43 bits per heavy atom. The molecule has 0 aromatic carbocycles. The fourth-order valence-corrected chi connectivity index (χ4v) is 2.06. The molecule has 0 amide bonds. The largest absolute Gasteiger partial charge is 0.374 e. The van der Waals surface area contributed by atoms with Crippen molar-refractivity contribution in [1.82, 2.24) is 5.32 Å². The van der Waals surface area contributed by atoms with Crippen molar-refractivity contribution in [3.8, 4) is 0 Å². The molecule has 0 aromatic heterocycles. The van der Waals surface area contributed by atoms with E-state index in [1.54, 1.807) is 0 Å². The van der Waals surface area contributed by atoms with Crippen LogP contribution in [0.3, 0.4) is 0 Å². The van der Waals surface area contributed by atoms with Gasteiger partial charge < -0.3 is 10.1 Å². The van der Waals surface area contributed by atoms with Gasteiger partial charge in [0.15, 0.2) is 0 Å². The molecule has 2 nitrogen and oxygen atoms in total. The first kappa shape index (κ1) is 11.7. The molecular weight excluding hydrogens is 174 g/mol. The van der Waals surface area contributed by atoms with Gasteiger partial charge in [-0.05, 0) is 31.4 Å². The first-order valence-corrected chi connectivity index (χ1v) is 5.67. The van der Waals surface area contributed by atoms with Crippen LogP contribution in [0.25, 0.3) is 0 Å². The van der Waals surface area contributed by atoms with E-state index in [1.807, 2.05) is 7.05 Å². The molecule has 1 aliphatic carbocycles. The fraction of sp³-hybridized carbons (Fsp3) is 0.833. The molecule has 0 spiro atoms. The molecule has 0 saturated heterocycles. The average Bonchev–Trinajstić information content (AvgIpc) is 2.17. The summed E-state index contributed by atoms with van der Waals surface area (Å²) in [5.74, 6) is 0.728. The zero-order chi connectivity index (χ0) is 10.4. The molecule has 2 heteroatoms. The van der Waals surface area contributed by atoms with Crippen molar-refractivity contribution in [2.24, 2.45) is 5.92 Å². The summed E-state index contributed by atoms with van der Waals surface area (Å²) in [6.45, 7) is 7.84. The molecule has 2 unspecified atom stereocenters. The first-order chi connectivity index (χ1) is 6.74. The van der Waals surface area contributed by atoms with Gasteiger partial charge in [0.25, 0.3) is 0 Å². The molecule has 14 heavy (non-hydrogen) atoms. The summed E-state index contributed by atoms with van der Waals surface area (Å²) in [7, 11) is 1.94. The third-order valence-electron chi connectivity index (χ3n) is 2.96. The highest BCUT2D eigenvalue weighted by Crippen LogP contribution is 2.26. The number of likely N-dealkylation sites (N-methyl/N-ethyl adjacent to an activating group) is 1. The van der Waals surface area contributed by atoms with E-state index in [4.69, 9.17) is 4.74 Å². The van der Waals surface area contributed by atoms with Crippen molar-refractivity contribution < 1.29 is 4.74 Å². The highest BCUT2D eigenvalue weighted by molar-refractivity contribution is 4.96. The fourth-order valence-electron chi connectivity index (χ4n) is 2.06. The van der Waals surface area contributed by atoms with E-state index < -0.39 is 0 Å². The molecule has 1 saturated carbocycles. The summed E-state index contributed by atoms with van der Waals surface area (Å²) in [6, 6.07) is 0. The first-order valence-electron chi connectivity index (χ1n) is 5.67. The molecule has 0 heterocycles. The SMILES string of the molecule is C=C(CNC)COC1CCCCC1C. The van der Waals surface area contributed by atoms with Crippen LogP contribution in [0.5, 0.6) is 0 Å². The van der Waals surface area contributed by atoms with Gasteiger partial charge in [-0.25, -0.2) is 0 Å². The van der Waals surface area contributed by atoms with Gasteiger partial charge in [0, 0.05) is 6.54 Å². The lowest BCUT2D eigenvalue weighted by molar-refractivity contribution is 0.00670. The lowest BCUT2D eigenvalue weighted by atomic mass is 9.88. The minimum atomic E-state index is 0.470. The third kappa shape index (κ3) is 3.81. The van der Waals surface area contributed by atoms with Crippen LogP contribution in [0.4, 0.5) is 0 Å². The topological polar surface area (TPSA) is 21.3 Å². The standard InChI is InChI=1S/C12H23NO/c1-10(8-13-3)9-14-12-7-5-4-6-11(12)2/h11-13H,1,4-9H2,2-3H3. The van der Waals surface area contributed by atoms with E-state index in [9.17, 15) is 0 Å². The molecule has 0 aromatic rings. The van der Waals surface area contributed by atoms with Crippen LogP contribution in [-0.4, -0.2) is 26.3 Å². The van der Waals surface area contributed by atoms with Crippen molar-refractivity contribution in [2.45, 2.75) is 38.7 Å². The van der Waals surface area contributed by atoms with Crippen LogP contribution in [0, 0.1) is 5.92 Å². The van der Waals surface area contributed by atoms with Crippen molar-refractivity contribution >= 4 is 0 Å². The van der Waals surface area contributed by atoms with Gasteiger partial charge in [-0.2, -0.15) is 0 Å². The molecule has 1 N–H and O–H groups in total. The Morgan fingerprint density at radius 3 is 2.79 bits per heavy atom. The Bertz CT molecular complexity index is 179. The molecule has 1 aliphatic rings. The number of ether oxygens (including phenoxy) is 1. The summed E-state index contributed by atoms with van der Waals surface area (Å²) >= 11 is 0. The second-order valence-corrected chi connectivity index (χ2v) is 4.39. The molecule has 1 rings (SSSR count). The van der Waals surface area contributed by atoms with Crippen LogP contribution in [0.1, 0.15) is 32.6 Å². The summed E-state index contributed by atoms with van der Waals surface area (Å²) < 4.78 is 5.87. The molecule has 1 fully saturated rings. The number of rotatable bonds is 5. The van der Waals surface area contributed by atoms with E-state index in [-0.39, 0.29) is 0 Å². The van der Waals surface area contributed by atoms with Crippen LogP contribution < -0.4 is 5.32 Å².